The number of hydrogen-bond acceptors (Lipinski definition) is 5. The monoisotopic (exact) mass is 272 g/mol. The first-order valence-corrected chi connectivity index (χ1v) is 7.45. The molecule has 3 N–H and O–H groups in total. The molecule has 2 atom stereocenters. The van der Waals surface area contributed by atoms with Gasteiger partial charge in [-0.3, -0.25) is 11.3 Å². The molecule has 5 nitrogen and oxygen atoms in total. The predicted octanol–water partition coefficient (Wildman–Crippen LogP) is 1.22. The summed E-state index contributed by atoms with van der Waals surface area (Å²) in [4.78, 5) is 0. The highest BCUT2D eigenvalue weighted by Gasteiger charge is 2.41. The number of nitrogens with two attached hydrogens (primary N) is 1. The maximum absolute atomic E-state index is 6.07. The summed E-state index contributed by atoms with van der Waals surface area (Å²) in [6, 6.07) is 0.214. The Morgan fingerprint density at radius 2 is 2.05 bits per heavy atom. The van der Waals surface area contributed by atoms with Crippen LogP contribution >= 0.6 is 0 Å². The number of hydrazine groups is 1. The van der Waals surface area contributed by atoms with Crippen LogP contribution in [0.2, 0.25) is 0 Å². The lowest BCUT2D eigenvalue weighted by atomic mass is 9.78. The molecule has 2 heterocycles. The number of nitrogens with one attached hydrogen (secondary N) is 1. The molecule has 0 aliphatic carbocycles. The molecule has 0 aromatic rings. The van der Waals surface area contributed by atoms with Crippen LogP contribution in [0, 0.1) is 5.92 Å². The second-order valence-corrected chi connectivity index (χ2v) is 6.05. The molecule has 0 saturated carbocycles. The van der Waals surface area contributed by atoms with Crippen molar-refractivity contribution in [1.29, 1.82) is 0 Å². The lowest BCUT2D eigenvalue weighted by Crippen LogP contribution is -2.52. The van der Waals surface area contributed by atoms with Crippen LogP contribution in [0.15, 0.2) is 0 Å². The Kier molecular flexibility index (Phi) is 5.59. The highest BCUT2D eigenvalue weighted by molar-refractivity contribution is 4.92. The molecule has 1 spiro atoms. The molecule has 2 aliphatic rings. The van der Waals surface area contributed by atoms with E-state index in [0.29, 0.717) is 12.5 Å². The second kappa shape index (κ2) is 6.99. The van der Waals surface area contributed by atoms with E-state index >= 15 is 0 Å². The zero-order chi connectivity index (χ0) is 13.7. The first kappa shape index (κ1) is 15.2. The van der Waals surface area contributed by atoms with E-state index in [1.54, 1.807) is 0 Å². The van der Waals surface area contributed by atoms with Crippen molar-refractivity contribution in [2.24, 2.45) is 11.8 Å². The van der Waals surface area contributed by atoms with Crippen LogP contribution < -0.4 is 11.3 Å². The molecule has 19 heavy (non-hydrogen) atoms. The summed E-state index contributed by atoms with van der Waals surface area (Å²) in [5.74, 6) is 6.24. The van der Waals surface area contributed by atoms with Gasteiger partial charge < -0.3 is 14.2 Å². The van der Waals surface area contributed by atoms with Crippen LogP contribution in [0.5, 0.6) is 0 Å². The molecular weight excluding hydrogens is 244 g/mol. The van der Waals surface area contributed by atoms with Crippen LogP contribution in [0.4, 0.5) is 0 Å². The van der Waals surface area contributed by atoms with Gasteiger partial charge >= 0.3 is 0 Å². The first-order valence-electron chi connectivity index (χ1n) is 7.45. The molecular formula is C14H28N2O3. The topological polar surface area (TPSA) is 65.7 Å². The lowest BCUT2D eigenvalue weighted by Gasteiger charge is -2.45. The SMILES string of the molecule is CC(C)OCC(NN)C1CCOC2(CCOCC2)C1. The van der Waals surface area contributed by atoms with Gasteiger partial charge in [0, 0.05) is 25.9 Å². The lowest BCUT2D eigenvalue weighted by molar-refractivity contribution is -0.152. The third-order valence-corrected chi connectivity index (χ3v) is 4.33. The highest BCUT2D eigenvalue weighted by Crippen LogP contribution is 2.38. The van der Waals surface area contributed by atoms with Gasteiger partial charge in [0.25, 0.3) is 0 Å². The van der Waals surface area contributed by atoms with Crippen molar-refractivity contribution in [3.8, 4) is 0 Å². The average molecular weight is 272 g/mol. The molecule has 0 radical (unpaired) electrons. The quantitative estimate of drug-likeness (QED) is 0.582. The Labute approximate surface area is 116 Å². The molecule has 5 heteroatoms. The molecule has 0 bridgehead atoms. The molecule has 112 valence electrons. The maximum Gasteiger partial charge on any atom is 0.0729 e. The molecule has 2 aliphatic heterocycles. The fourth-order valence-corrected chi connectivity index (χ4v) is 3.12. The smallest absolute Gasteiger partial charge is 0.0729 e. The highest BCUT2D eigenvalue weighted by atomic mass is 16.5. The van der Waals surface area contributed by atoms with E-state index in [1.807, 2.05) is 0 Å². The minimum absolute atomic E-state index is 0.0219. The van der Waals surface area contributed by atoms with Crippen LogP contribution in [-0.2, 0) is 14.2 Å². The summed E-state index contributed by atoms with van der Waals surface area (Å²) >= 11 is 0. The normalized spacial score (nSPS) is 28.7. The minimum Gasteiger partial charge on any atom is -0.381 e. The van der Waals surface area contributed by atoms with Crippen molar-refractivity contribution in [2.75, 3.05) is 26.4 Å². The van der Waals surface area contributed by atoms with Gasteiger partial charge in [-0.2, -0.15) is 0 Å². The standard InChI is InChI=1S/C14H28N2O3/c1-11(2)18-10-13(16-15)12-3-6-19-14(9-12)4-7-17-8-5-14/h11-13,16H,3-10,15H2,1-2H3. The Balaban J connectivity index is 1.90. The van der Waals surface area contributed by atoms with Crippen LogP contribution in [0.1, 0.15) is 39.5 Å². The van der Waals surface area contributed by atoms with E-state index in [0.717, 1.165) is 45.5 Å². The Bertz CT molecular complexity index is 262. The number of ether oxygens (including phenoxy) is 3. The molecule has 0 aromatic carbocycles. The summed E-state index contributed by atoms with van der Waals surface area (Å²) in [6.07, 6.45) is 4.37. The molecule has 2 saturated heterocycles. The zero-order valence-electron chi connectivity index (χ0n) is 12.2. The van der Waals surface area contributed by atoms with E-state index in [4.69, 9.17) is 20.1 Å². The van der Waals surface area contributed by atoms with Gasteiger partial charge in [0.05, 0.1) is 18.3 Å². The summed E-state index contributed by atoms with van der Waals surface area (Å²) in [5, 5.41) is 0. The van der Waals surface area contributed by atoms with E-state index in [-0.39, 0.29) is 17.7 Å². The summed E-state index contributed by atoms with van der Waals surface area (Å²) in [5.41, 5.74) is 2.96. The van der Waals surface area contributed by atoms with E-state index in [9.17, 15) is 0 Å². The average Bonchev–Trinajstić information content (AvgIpc) is 2.40. The predicted molar refractivity (Wildman–Crippen MR) is 73.7 cm³/mol. The van der Waals surface area contributed by atoms with Crippen molar-refractivity contribution >= 4 is 0 Å². The molecule has 2 fully saturated rings. The van der Waals surface area contributed by atoms with Crippen molar-refractivity contribution < 1.29 is 14.2 Å². The fourth-order valence-electron chi connectivity index (χ4n) is 3.12. The van der Waals surface area contributed by atoms with Crippen LogP contribution in [0.3, 0.4) is 0 Å². The van der Waals surface area contributed by atoms with Gasteiger partial charge in [-0.25, -0.2) is 0 Å². The summed E-state index contributed by atoms with van der Waals surface area (Å²) in [6.45, 7) is 7.23. The van der Waals surface area contributed by atoms with Gasteiger partial charge in [-0.05, 0) is 45.4 Å². The van der Waals surface area contributed by atoms with Crippen molar-refractivity contribution in [1.82, 2.24) is 5.43 Å². The van der Waals surface area contributed by atoms with E-state index < -0.39 is 0 Å². The Hall–Kier alpha value is -0.200. The van der Waals surface area contributed by atoms with Crippen LogP contribution in [0.25, 0.3) is 0 Å². The Morgan fingerprint density at radius 1 is 1.32 bits per heavy atom. The fraction of sp³-hybridized carbons (Fsp3) is 1.00. The number of hydrogen-bond donors (Lipinski definition) is 2. The molecule has 0 aromatic heterocycles. The van der Waals surface area contributed by atoms with Gasteiger partial charge in [0.15, 0.2) is 0 Å². The van der Waals surface area contributed by atoms with Gasteiger partial charge in [-0.1, -0.05) is 0 Å². The number of rotatable bonds is 5. The maximum atomic E-state index is 6.07. The molecule has 2 unspecified atom stereocenters. The van der Waals surface area contributed by atoms with Crippen molar-refractivity contribution in [3.05, 3.63) is 0 Å². The van der Waals surface area contributed by atoms with Gasteiger partial charge in [0.1, 0.15) is 0 Å². The van der Waals surface area contributed by atoms with E-state index in [2.05, 4.69) is 19.3 Å². The minimum atomic E-state index is 0.0219. The van der Waals surface area contributed by atoms with Gasteiger partial charge in [-0.15, -0.1) is 0 Å². The van der Waals surface area contributed by atoms with Crippen LogP contribution in [-0.4, -0.2) is 44.2 Å². The zero-order valence-corrected chi connectivity index (χ0v) is 12.2. The second-order valence-electron chi connectivity index (χ2n) is 6.05. The summed E-state index contributed by atoms with van der Waals surface area (Å²) < 4.78 is 17.2. The molecule has 2 rings (SSSR count). The van der Waals surface area contributed by atoms with E-state index in [1.165, 1.54) is 0 Å². The molecule has 0 amide bonds. The third-order valence-electron chi connectivity index (χ3n) is 4.33. The van der Waals surface area contributed by atoms with Gasteiger partial charge in [0.2, 0.25) is 0 Å². The third kappa shape index (κ3) is 4.13. The Morgan fingerprint density at radius 3 is 2.68 bits per heavy atom. The summed E-state index contributed by atoms with van der Waals surface area (Å²) in [7, 11) is 0. The first-order chi connectivity index (χ1) is 9.15. The van der Waals surface area contributed by atoms with Crippen molar-refractivity contribution in [3.63, 3.8) is 0 Å². The van der Waals surface area contributed by atoms with Crippen molar-refractivity contribution in [2.45, 2.75) is 57.3 Å². The largest absolute Gasteiger partial charge is 0.381 e.